The third-order valence-corrected chi connectivity index (χ3v) is 6.15. The lowest BCUT2D eigenvalue weighted by Gasteiger charge is -2.18. The molecule has 2 aromatic carbocycles. The van der Waals surface area contributed by atoms with Crippen LogP contribution in [0, 0.1) is 0 Å². The number of benzene rings is 2. The summed E-state index contributed by atoms with van der Waals surface area (Å²) in [4.78, 5) is 8.32. The van der Waals surface area contributed by atoms with E-state index in [0.29, 0.717) is 29.2 Å². The summed E-state index contributed by atoms with van der Waals surface area (Å²) in [7, 11) is -0.136. The van der Waals surface area contributed by atoms with Crippen LogP contribution in [0.4, 0.5) is 11.8 Å². The minimum atomic E-state index is -4.66. The van der Waals surface area contributed by atoms with Crippen molar-refractivity contribution in [2.45, 2.75) is 18.7 Å². The van der Waals surface area contributed by atoms with Crippen molar-refractivity contribution in [3.8, 4) is 28.7 Å². The van der Waals surface area contributed by atoms with Crippen molar-refractivity contribution in [1.29, 1.82) is 0 Å². The molecule has 12 nitrogen and oxygen atoms in total. The monoisotopic (exact) mass is 520 g/mol. The topological polar surface area (TPSA) is 175 Å². The van der Waals surface area contributed by atoms with Gasteiger partial charge in [-0.05, 0) is 42.3 Å². The zero-order valence-corrected chi connectivity index (χ0v) is 21.0. The number of phenolic OH excluding ortho intramolecular Hbond substituents is 1. The van der Waals surface area contributed by atoms with Crippen LogP contribution < -0.4 is 30.0 Å². The Kier molecular flexibility index (Phi) is 8.27. The predicted molar refractivity (Wildman–Crippen MR) is 133 cm³/mol. The standard InChI is InChI=1S/C23H28N4O8S/c1-5-35-17-11-14(6-7-16(17)28)22(36(29,30)31)27-23-25-12-15(21(24)26-23)8-13-9-18(32-2)20(34-4)19(10-13)33-3/h6-7,9-12,22,28H,5,8H2,1-4H3,(H,29,30,31)(H3,24,25,26,27). The van der Waals surface area contributed by atoms with Crippen molar-refractivity contribution in [3.63, 3.8) is 0 Å². The number of phenols is 1. The van der Waals surface area contributed by atoms with E-state index in [-0.39, 0.29) is 35.4 Å². The fourth-order valence-electron chi connectivity index (χ4n) is 3.50. The van der Waals surface area contributed by atoms with Gasteiger partial charge in [-0.25, -0.2) is 4.98 Å². The molecule has 0 saturated heterocycles. The molecule has 5 N–H and O–H groups in total. The summed E-state index contributed by atoms with van der Waals surface area (Å²) >= 11 is 0. The molecule has 0 bridgehead atoms. The van der Waals surface area contributed by atoms with E-state index < -0.39 is 15.5 Å². The lowest BCUT2D eigenvalue weighted by atomic mass is 10.1. The molecule has 0 amide bonds. The molecule has 1 unspecified atom stereocenters. The molecule has 0 radical (unpaired) electrons. The number of nitrogens with zero attached hydrogens (tertiary/aromatic N) is 2. The highest BCUT2D eigenvalue weighted by molar-refractivity contribution is 7.86. The molecule has 0 aliphatic carbocycles. The Morgan fingerprint density at radius 3 is 2.25 bits per heavy atom. The Labute approximate surface area is 208 Å². The minimum absolute atomic E-state index is 0.0616. The normalized spacial score (nSPS) is 12.0. The molecule has 0 fully saturated rings. The maximum atomic E-state index is 12.1. The summed E-state index contributed by atoms with van der Waals surface area (Å²) in [6.07, 6.45) is 1.76. The molecular formula is C23H28N4O8S. The van der Waals surface area contributed by atoms with Crippen molar-refractivity contribution in [2.75, 3.05) is 39.0 Å². The van der Waals surface area contributed by atoms with Crippen LogP contribution in [0.3, 0.4) is 0 Å². The van der Waals surface area contributed by atoms with Crippen LogP contribution in [0.1, 0.15) is 29.0 Å². The maximum Gasteiger partial charge on any atom is 0.290 e. The second-order valence-electron chi connectivity index (χ2n) is 7.51. The summed E-state index contributed by atoms with van der Waals surface area (Å²) in [6.45, 7) is 1.95. The van der Waals surface area contributed by atoms with Crippen LogP contribution >= 0.6 is 0 Å². The van der Waals surface area contributed by atoms with Gasteiger partial charge in [-0.2, -0.15) is 13.4 Å². The van der Waals surface area contributed by atoms with Crippen LogP contribution in [0.25, 0.3) is 0 Å². The van der Waals surface area contributed by atoms with Crippen molar-refractivity contribution >= 4 is 21.9 Å². The Hall–Kier alpha value is -3.97. The van der Waals surface area contributed by atoms with Crippen LogP contribution in [0.2, 0.25) is 0 Å². The molecule has 1 heterocycles. The molecular weight excluding hydrogens is 492 g/mol. The molecule has 3 rings (SSSR count). The third-order valence-electron chi connectivity index (χ3n) is 5.16. The Balaban J connectivity index is 1.89. The number of methoxy groups -OCH3 is 3. The Morgan fingerprint density at radius 2 is 1.72 bits per heavy atom. The minimum Gasteiger partial charge on any atom is -0.504 e. The van der Waals surface area contributed by atoms with E-state index in [0.717, 1.165) is 5.56 Å². The van der Waals surface area contributed by atoms with Crippen LogP contribution in [-0.4, -0.2) is 56.0 Å². The highest BCUT2D eigenvalue weighted by atomic mass is 32.2. The number of nitrogens with one attached hydrogen (secondary N) is 1. The molecule has 0 aliphatic rings. The zero-order chi connectivity index (χ0) is 26.5. The summed E-state index contributed by atoms with van der Waals surface area (Å²) in [5.41, 5.74) is 7.57. The number of ether oxygens (including phenoxy) is 4. The van der Waals surface area contributed by atoms with Gasteiger partial charge in [-0.1, -0.05) is 6.07 Å². The van der Waals surface area contributed by atoms with Crippen LogP contribution in [0.5, 0.6) is 28.7 Å². The molecule has 0 spiro atoms. The smallest absolute Gasteiger partial charge is 0.290 e. The van der Waals surface area contributed by atoms with Crippen molar-refractivity contribution in [3.05, 3.63) is 53.2 Å². The average molecular weight is 521 g/mol. The van der Waals surface area contributed by atoms with Gasteiger partial charge in [0.1, 0.15) is 5.82 Å². The van der Waals surface area contributed by atoms with E-state index in [4.69, 9.17) is 24.7 Å². The molecule has 3 aromatic rings. The first-order valence-electron chi connectivity index (χ1n) is 10.7. The SMILES string of the molecule is CCOc1cc(C(Nc2ncc(Cc3cc(OC)c(OC)c(OC)c3)c(N)n2)S(=O)(=O)O)ccc1O. The lowest BCUT2D eigenvalue weighted by Crippen LogP contribution is -2.22. The van der Waals surface area contributed by atoms with Gasteiger partial charge >= 0.3 is 0 Å². The number of nitrogens with two attached hydrogens (primary N) is 1. The largest absolute Gasteiger partial charge is 0.504 e. The average Bonchev–Trinajstić information content (AvgIpc) is 2.84. The molecule has 13 heteroatoms. The van der Waals surface area contributed by atoms with Gasteiger partial charge in [0.2, 0.25) is 11.7 Å². The van der Waals surface area contributed by atoms with Gasteiger partial charge in [0, 0.05) is 18.2 Å². The molecule has 36 heavy (non-hydrogen) atoms. The van der Waals surface area contributed by atoms with E-state index in [2.05, 4.69) is 15.3 Å². The van der Waals surface area contributed by atoms with E-state index in [1.807, 2.05) is 0 Å². The third kappa shape index (κ3) is 5.98. The number of aromatic nitrogens is 2. The van der Waals surface area contributed by atoms with E-state index >= 15 is 0 Å². The highest BCUT2D eigenvalue weighted by Gasteiger charge is 2.27. The van der Waals surface area contributed by atoms with Crippen LogP contribution in [0.15, 0.2) is 36.5 Å². The fraction of sp³-hybridized carbons (Fsp3) is 0.304. The lowest BCUT2D eigenvalue weighted by molar-refractivity contribution is 0.317. The number of hydrogen-bond donors (Lipinski definition) is 4. The predicted octanol–water partition coefficient (Wildman–Crippen LogP) is 2.78. The highest BCUT2D eigenvalue weighted by Crippen LogP contribution is 2.39. The number of anilines is 2. The number of aromatic hydroxyl groups is 1. The molecule has 1 atom stereocenters. The van der Waals surface area contributed by atoms with E-state index in [9.17, 15) is 18.1 Å². The quantitative estimate of drug-likeness (QED) is 0.272. The van der Waals surface area contributed by atoms with Crippen molar-refractivity contribution in [2.24, 2.45) is 0 Å². The van der Waals surface area contributed by atoms with Gasteiger partial charge in [0.25, 0.3) is 10.1 Å². The molecule has 0 saturated carbocycles. The van der Waals surface area contributed by atoms with Gasteiger partial charge in [0.05, 0.1) is 27.9 Å². The van der Waals surface area contributed by atoms with Crippen molar-refractivity contribution < 1.29 is 37.0 Å². The number of rotatable bonds is 11. The molecule has 0 aliphatic heterocycles. The first kappa shape index (κ1) is 26.6. The van der Waals surface area contributed by atoms with Crippen LogP contribution in [-0.2, 0) is 16.5 Å². The first-order valence-corrected chi connectivity index (χ1v) is 12.2. The van der Waals surface area contributed by atoms with Gasteiger partial charge in [-0.3, -0.25) is 4.55 Å². The Bertz CT molecular complexity index is 1310. The van der Waals surface area contributed by atoms with Crippen molar-refractivity contribution in [1.82, 2.24) is 9.97 Å². The Morgan fingerprint density at radius 1 is 1.06 bits per heavy atom. The van der Waals surface area contributed by atoms with E-state index in [1.165, 1.54) is 45.7 Å². The number of nitrogen functional groups attached to an aromatic ring is 1. The van der Waals surface area contributed by atoms with Gasteiger partial charge in [-0.15, -0.1) is 0 Å². The summed E-state index contributed by atoms with van der Waals surface area (Å²) in [5, 5.41) is 10.8. The summed E-state index contributed by atoms with van der Waals surface area (Å²) in [5.74, 6) is 1.25. The maximum absolute atomic E-state index is 12.1. The molecule has 194 valence electrons. The molecule has 1 aromatic heterocycles. The van der Waals surface area contributed by atoms with E-state index in [1.54, 1.807) is 19.1 Å². The fourth-order valence-corrected chi connectivity index (χ4v) is 4.24. The first-order chi connectivity index (χ1) is 17.1. The van der Waals surface area contributed by atoms with Gasteiger partial charge < -0.3 is 35.1 Å². The summed E-state index contributed by atoms with van der Waals surface area (Å²) < 4.78 is 55.5. The second kappa shape index (κ2) is 11.2. The second-order valence-corrected chi connectivity index (χ2v) is 9.02. The number of hydrogen-bond acceptors (Lipinski definition) is 11. The zero-order valence-electron chi connectivity index (χ0n) is 20.2. The van der Waals surface area contributed by atoms with Gasteiger partial charge in [0.15, 0.2) is 28.4 Å². The summed E-state index contributed by atoms with van der Waals surface area (Å²) in [6, 6.07) is 7.41.